The molecule has 0 aromatic carbocycles. The fourth-order valence-corrected chi connectivity index (χ4v) is 0.857. The number of carbonyl (C=O) groups is 1. The minimum Gasteiger partial charge on any atom is -0.297 e. The summed E-state index contributed by atoms with van der Waals surface area (Å²) in [4.78, 5) is 17.7. The molecule has 0 aliphatic carbocycles. The van der Waals surface area contributed by atoms with Gasteiger partial charge in [0, 0.05) is 18.9 Å². The topological polar surface area (TPSA) is 42.3 Å². The highest BCUT2D eigenvalue weighted by atomic mass is 16.1. The largest absolute Gasteiger partial charge is 0.297 e. The van der Waals surface area contributed by atoms with Crippen LogP contribution in [0.3, 0.4) is 0 Å². The predicted octanol–water partition coefficient (Wildman–Crippen LogP) is 0.894. The normalized spacial score (nSPS) is 10.3. The van der Waals surface area contributed by atoms with Crippen molar-refractivity contribution in [3.8, 4) is 0 Å². The van der Waals surface area contributed by atoms with Gasteiger partial charge in [0.2, 0.25) is 0 Å². The van der Waals surface area contributed by atoms with Crippen LogP contribution < -0.4 is 0 Å². The van der Waals surface area contributed by atoms with Crippen LogP contribution in [-0.2, 0) is 11.2 Å². The molecule has 0 radical (unpaired) electrons. The van der Waals surface area contributed by atoms with E-state index in [4.69, 9.17) is 0 Å². The summed E-state index contributed by atoms with van der Waals surface area (Å²) >= 11 is 0. The summed E-state index contributed by atoms with van der Waals surface area (Å²) in [6, 6.07) is 3.88. The van der Waals surface area contributed by atoms with Crippen molar-refractivity contribution in [3.05, 3.63) is 30.1 Å². The Morgan fingerprint density at radius 1 is 1.58 bits per heavy atom. The molecule has 0 spiro atoms. The number of aliphatic imine (C=N–C) groups is 1. The van der Waals surface area contributed by atoms with Crippen molar-refractivity contribution in [3.63, 3.8) is 0 Å². The van der Waals surface area contributed by atoms with Gasteiger partial charge in [0.15, 0.2) is 6.29 Å². The number of aldehydes is 1. The Hall–Kier alpha value is -1.51. The molecule has 0 amide bonds. The maximum Gasteiger partial charge on any atom is 0.160 e. The zero-order chi connectivity index (χ0) is 8.65. The van der Waals surface area contributed by atoms with Crippen molar-refractivity contribution in [2.24, 2.45) is 4.99 Å². The second-order valence-electron chi connectivity index (χ2n) is 2.30. The van der Waals surface area contributed by atoms with Gasteiger partial charge in [-0.15, -0.1) is 0 Å². The predicted molar refractivity (Wildman–Crippen MR) is 47.4 cm³/mol. The van der Waals surface area contributed by atoms with E-state index >= 15 is 0 Å². The number of aromatic nitrogens is 1. The van der Waals surface area contributed by atoms with E-state index in [9.17, 15) is 4.79 Å². The lowest BCUT2D eigenvalue weighted by molar-refractivity contribution is -0.102. The number of carbonyl (C=O) groups excluding carboxylic acids is 1. The monoisotopic (exact) mass is 162 g/mol. The molecule has 0 aliphatic rings. The number of hydrogen-bond acceptors (Lipinski definition) is 3. The molecule has 0 saturated heterocycles. The Labute approximate surface area is 71.2 Å². The Kier molecular flexibility index (Phi) is 3.71. The molecule has 0 N–H and O–H groups in total. The zero-order valence-electron chi connectivity index (χ0n) is 6.68. The van der Waals surface area contributed by atoms with Crippen LogP contribution >= 0.6 is 0 Å². The van der Waals surface area contributed by atoms with Crippen LogP contribution in [-0.4, -0.2) is 24.0 Å². The summed E-state index contributed by atoms with van der Waals surface area (Å²) in [6.45, 7) is 0.643. The molecule has 0 unspecified atom stereocenters. The number of nitrogens with zero attached hydrogens (tertiary/aromatic N) is 2. The van der Waals surface area contributed by atoms with E-state index in [0.29, 0.717) is 12.8 Å². The highest BCUT2D eigenvalue weighted by Gasteiger charge is 1.88. The summed E-state index contributed by atoms with van der Waals surface area (Å²) in [5, 5.41) is 0. The summed E-state index contributed by atoms with van der Waals surface area (Å²) in [5.41, 5.74) is 1.14. The van der Waals surface area contributed by atoms with Crippen molar-refractivity contribution in [1.29, 1.82) is 0 Å². The molecule has 0 bridgehead atoms. The van der Waals surface area contributed by atoms with Crippen molar-refractivity contribution in [2.45, 2.75) is 6.42 Å². The Morgan fingerprint density at radius 3 is 3.17 bits per heavy atom. The fraction of sp³-hybridized carbons (Fsp3) is 0.222. The first-order chi connectivity index (χ1) is 5.93. The molecule has 0 fully saturated rings. The molecule has 1 rings (SSSR count). The molecule has 0 aliphatic heterocycles. The fourth-order valence-electron chi connectivity index (χ4n) is 0.857. The first-order valence-electron chi connectivity index (χ1n) is 3.76. The minimum atomic E-state index is 0.643. The van der Waals surface area contributed by atoms with Crippen LogP contribution in [0.2, 0.25) is 0 Å². The zero-order valence-corrected chi connectivity index (χ0v) is 6.68. The third-order valence-corrected chi connectivity index (χ3v) is 1.42. The molecule has 0 saturated carbocycles. The molecular weight excluding hydrogens is 152 g/mol. The van der Waals surface area contributed by atoms with Gasteiger partial charge in [-0.2, -0.15) is 0 Å². The summed E-state index contributed by atoms with van der Waals surface area (Å²) in [7, 11) is 0. The van der Waals surface area contributed by atoms with Gasteiger partial charge in [0.1, 0.15) is 0 Å². The van der Waals surface area contributed by atoms with E-state index in [1.54, 1.807) is 12.4 Å². The molecule has 1 aromatic rings. The maximum absolute atomic E-state index is 9.85. The lowest BCUT2D eigenvalue weighted by Gasteiger charge is -1.94. The average molecular weight is 162 g/mol. The summed E-state index contributed by atoms with van der Waals surface area (Å²) < 4.78 is 0. The van der Waals surface area contributed by atoms with Gasteiger partial charge in [-0.1, -0.05) is 6.07 Å². The van der Waals surface area contributed by atoms with E-state index in [0.717, 1.165) is 12.0 Å². The van der Waals surface area contributed by atoms with Gasteiger partial charge in [0.05, 0.1) is 6.21 Å². The van der Waals surface area contributed by atoms with Crippen molar-refractivity contribution >= 4 is 12.5 Å². The molecule has 3 nitrogen and oxygen atoms in total. The van der Waals surface area contributed by atoms with Gasteiger partial charge >= 0.3 is 0 Å². The first kappa shape index (κ1) is 8.59. The average Bonchev–Trinajstić information content (AvgIpc) is 2.14. The number of hydrogen-bond donors (Lipinski definition) is 0. The Bertz CT molecular complexity index is 256. The van der Waals surface area contributed by atoms with Crippen molar-refractivity contribution in [2.75, 3.05) is 6.54 Å². The van der Waals surface area contributed by atoms with Crippen LogP contribution in [0.1, 0.15) is 5.56 Å². The molecule has 62 valence electrons. The van der Waals surface area contributed by atoms with Crippen LogP contribution in [0.5, 0.6) is 0 Å². The summed E-state index contributed by atoms with van der Waals surface area (Å²) in [6.07, 6.45) is 6.33. The van der Waals surface area contributed by atoms with Crippen LogP contribution in [0.15, 0.2) is 29.5 Å². The van der Waals surface area contributed by atoms with E-state index in [1.807, 2.05) is 12.1 Å². The minimum absolute atomic E-state index is 0.643. The third kappa shape index (κ3) is 3.05. The van der Waals surface area contributed by atoms with E-state index in [1.165, 1.54) is 6.21 Å². The van der Waals surface area contributed by atoms with Crippen LogP contribution in [0.25, 0.3) is 0 Å². The second kappa shape index (κ2) is 5.18. The first-order valence-corrected chi connectivity index (χ1v) is 3.76. The molecule has 1 heterocycles. The van der Waals surface area contributed by atoms with Crippen LogP contribution in [0.4, 0.5) is 0 Å². The SMILES string of the molecule is O=CC=NCCc1cccnc1. The second-order valence-corrected chi connectivity index (χ2v) is 2.30. The molecule has 3 heteroatoms. The smallest absolute Gasteiger partial charge is 0.160 e. The lowest BCUT2D eigenvalue weighted by atomic mass is 10.2. The highest BCUT2D eigenvalue weighted by molar-refractivity contribution is 6.12. The molecular formula is C9H10N2O. The van der Waals surface area contributed by atoms with Gasteiger partial charge in [-0.25, -0.2) is 0 Å². The standard InChI is InChI=1S/C9H10N2O/c12-7-6-10-5-3-9-2-1-4-11-8-9/h1-2,4,6-8H,3,5H2. The Balaban J connectivity index is 2.33. The molecule has 12 heavy (non-hydrogen) atoms. The van der Waals surface area contributed by atoms with Gasteiger partial charge in [-0.05, 0) is 18.1 Å². The van der Waals surface area contributed by atoms with E-state index < -0.39 is 0 Å². The molecule has 1 aromatic heterocycles. The lowest BCUT2D eigenvalue weighted by Crippen LogP contribution is -1.90. The van der Waals surface area contributed by atoms with Crippen LogP contribution in [0, 0.1) is 0 Å². The Morgan fingerprint density at radius 2 is 2.50 bits per heavy atom. The quantitative estimate of drug-likeness (QED) is 0.487. The van der Waals surface area contributed by atoms with Crippen molar-refractivity contribution in [1.82, 2.24) is 4.98 Å². The van der Waals surface area contributed by atoms with Gasteiger partial charge < -0.3 is 0 Å². The van der Waals surface area contributed by atoms with Gasteiger partial charge in [-0.3, -0.25) is 14.8 Å². The third-order valence-electron chi connectivity index (χ3n) is 1.42. The maximum atomic E-state index is 9.85. The highest BCUT2D eigenvalue weighted by Crippen LogP contribution is 1.96. The van der Waals surface area contributed by atoms with Crippen molar-refractivity contribution < 1.29 is 4.79 Å². The number of pyridine rings is 1. The van der Waals surface area contributed by atoms with E-state index in [-0.39, 0.29) is 0 Å². The number of rotatable bonds is 4. The molecule has 0 atom stereocenters. The summed E-state index contributed by atoms with van der Waals surface area (Å²) in [5.74, 6) is 0. The van der Waals surface area contributed by atoms with E-state index in [2.05, 4.69) is 9.98 Å². The van der Waals surface area contributed by atoms with Gasteiger partial charge in [0.25, 0.3) is 0 Å².